The van der Waals surface area contributed by atoms with Crippen LogP contribution < -0.4 is 5.32 Å². The molecule has 0 aliphatic heterocycles. The molecule has 4 heterocycles. The van der Waals surface area contributed by atoms with Gasteiger partial charge in [0.2, 0.25) is 0 Å². The number of fused-ring (bicyclic) bond motifs is 2. The lowest BCUT2D eigenvalue weighted by molar-refractivity contribution is 0.102. The van der Waals surface area contributed by atoms with Gasteiger partial charge >= 0.3 is 0 Å². The molecule has 38 heavy (non-hydrogen) atoms. The van der Waals surface area contributed by atoms with Gasteiger partial charge in [-0.1, -0.05) is 18.2 Å². The summed E-state index contributed by atoms with van der Waals surface area (Å²) in [7, 11) is 0. The Morgan fingerprint density at radius 3 is 2.66 bits per heavy atom. The summed E-state index contributed by atoms with van der Waals surface area (Å²) in [5.74, 6) is -0.523. The van der Waals surface area contributed by atoms with Crippen LogP contribution in [-0.4, -0.2) is 40.4 Å². The van der Waals surface area contributed by atoms with Crippen molar-refractivity contribution in [2.24, 2.45) is 0 Å². The normalized spacial score (nSPS) is 14.0. The highest BCUT2D eigenvalue weighted by atomic mass is 19.1. The molecule has 0 spiro atoms. The first kappa shape index (κ1) is 22.1. The van der Waals surface area contributed by atoms with Crippen molar-refractivity contribution in [1.29, 1.82) is 0 Å². The first-order valence-electron chi connectivity index (χ1n) is 12.0. The number of nitrogens with one attached hydrogen (secondary N) is 1. The number of halogens is 1. The van der Waals surface area contributed by atoms with Gasteiger partial charge in [-0.15, -0.1) is 0 Å². The zero-order chi connectivity index (χ0) is 25.7. The van der Waals surface area contributed by atoms with Crippen LogP contribution in [0.5, 0.6) is 0 Å². The Bertz CT molecular complexity index is 1850. The van der Waals surface area contributed by atoms with Crippen LogP contribution in [0.1, 0.15) is 34.5 Å². The first-order valence-corrected chi connectivity index (χ1v) is 12.0. The Balaban J connectivity index is 1.23. The molecule has 6 aromatic rings. The van der Waals surface area contributed by atoms with Gasteiger partial charge in [0, 0.05) is 28.8 Å². The molecule has 0 bridgehead atoms. The summed E-state index contributed by atoms with van der Waals surface area (Å²) < 4.78 is 16.7. The highest BCUT2D eigenvalue weighted by Crippen LogP contribution is 2.53. The standard InChI is InChI=1S/C28H19FN8O/c29-21-13-18(3-5-20(21)26(38)35-25-7-11-30-16-34-25)23-14-32-27-33-15-24(37(27)36-23)28(8-9-28)19-4-6-22-17(12-19)2-1-10-31-22/h1-7,10-16H,8-9H2,(H,30,34,35,38). The molecule has 0 unspecified atom stereocenters. The molecule has 4 aromatic heterocycles. The molecular formula is C28H19FN8O. The van der Waals surface area contributed by atoms with Gasteiger partial charge in [-0.3, -0.25) is 9.78 Å². The second kappa shape index (κ2) is 8.48. The van der Waals surface area contributed by atoms with Crippen LogP contribution in [0, 0.1) is 5.82 Å². The summed E-state index contributed by atoms with van der Waals surface area (Å²) in [4.78, 5) is 33.7. The minimum atomic E-state index is -0.676. The van der Waals surface area contributed by atoms with Crippen LogP contribution in [0.25, 0.3) is 27.9 Å². The number of imidazole rings is 1. The van der Waals surface area contributed by atoms with Gasteiger partial charge in [-0.25, -0.2) is 24.3 Å². The zero-order valence-corrected chi connectivity index (χ0v) is 19.9. The Labute approximate surface area is 215 Å². The molecule has 1 N–H and O–H groups in total. The predicted molar refractivity (Wildman–Crippen MR) is 138 cm³/mol. The molecular weight excluding hydrogens is 483 g/mol. The quantitative estimate of drug-likeness (QED) is 0.367. The van der Waals surface area contributed by atoms with E-state index in [2.05, 4.69) is 48.4 Å². The molecule has 0 atom stereocenters. The maximum atomic E-state index is 15.0. The highest BCUT2D eigenvalue weighted by Gasteiger charge is 2.48. The number of carbonyl (C=O) groups excluding carboxylic acids is 1. The molecule has 1 aliphatic carbocycles. The lowest BCUT2D eigenvalue weighted by atomic mass is 9.91. The first-order chi connectivity index (χ1) is 18.6. The number of hydrogen-bond donors (Lipinski definition) is 1. The number of nitrogens with zero attached hydrogens (tertiary/aromatic N) is 7. The molecule has 7 rings (SSSR count). The second-order valence-electron chi connectivity index (χ2n) is 9.24. The summed E-state index contributed by atoms with van der Waals surface area (Å²) >= 11 is 0. The fraction of sp³-hybridized carbons (Fsp3) is 0.107. The zero-order valence-electron chi connectivity index (χ0n) is 19.9. The lowest BCUT2D eigenvalue weighted by Gasteiger charge is -2.16. The number of anilines is 1. The topological polar surface area (TPSA) is 111 Å². The lowest BCUT2D eigenvalue weighted by Crippen LogP contribution is -2.15. The van der Waals surface area contributed by atoms with Crippen LogP contribution in [0.15, 0.2) is 85.7 Å². The van der Waals surface area contributed by atoms with E-state index in [1.807, 2.05) is 18.3 Å². The van der Waals surface area contributed by atoms with Crippen molar-refractivity contribution in [3.63, 3.8) is 0 Å². The average molecular weight is 503 g/mol. The van der Waals surface area contributed by atoms with E-state index in [0.717, 1.165) is 29.4 Å². The van der Waals surface area contributed by atoms with Crippen LogP contribution in [-0.2, 0) is 5.41 Å². The van der Waals surface area contributed by atoms with Crippen LogP contribution >= 0.6 is 0 Å². The minimum absolute atomic E-state index is 0.104. The van der Waals surface area contributed by atoms with Gasteiger partial charge in [-0.2, -0.15) is 9.61 Å². The van der Waals surface area contributed by atoms with Crippen LogP contribution in [0.2, 0.25) is 0 Å². The Kier molecular flexibility index (Phi) is 4.93. The third kappa shape index (κ3) is 3.65. The number of carbonyl (C=O) groups is 1. The highest BCUT2D eigenvalue weighted by molar-refractivity contribution is 6.04. The maximum Gasteiger partial charge on any atom is 0.259 e. The smallest absolute Gasteiger partial charge is 0.259 e. The van der Waals surface area contributed by atoms with Gasteiger partial charge in [0.25, 0.3) is 11.7 Å². The molecule has 2 aromatic carbocycles. The van der Waals surface area contributed by atoms with E-state index in [0.29, 0.717) is 17.0 Å². The number of rotatable bonds is 5. The number of hydrogen-bond acceptors (Lipinski definition) is 7. The van der Waals surface area contributed by atoms with E-state index in [4.69, 9.17) is 5.10 Å². The van der Waals surface area contributed by atoms with E-state index >= 15 is 4.39 Å². The third-order valence-corrected chi connectivity index (χ3v) is 6.96. The molecule has 1 fully saturated rings. The largest absolute Gasteiger partial charge is 0.306 e. The molecule has 0 saturated heterocycles. The molecule has 9 nitrogen and oxygen atoms in total. The van der Waals surface area contributed by atoms with Gasteiger partial charge in [0.15, 0.2) is 0 Å². The van der Waals surface area contributed by atoms with Crippen molar-refractivity contribution in [1.82, 2.24) is 34.5 Å². The van der Waals surface area contributed by atoms with Crippen LogP contribution in [0.4, 0.5) is 10.2 Å². The van der Waals surface area contributed by atoms with Gasteiger partial charge < -0.3 is 5.32 Å². The number of pyridine rings is 1. The number of benzene rings is 2. The molecule has 1 amide bonds. The second-order valence-corrected chi connectivity index (χ2v) is 9.24. The molecule has 1 saturated carbocycles. The predicted octanol–water partition coefficient (Wildman–Crippen LogP) is 4.60. The fourth-order valence-electron chi connectivity index (χ4n) is 4.83. The third-order valence-electron chi connectivity index (χ3n) is 6.96. The summed E-state index contributed by atoms with van der Waals surface area (Å²) in [5, 5.41) is 8.42. The Morgan fingerprint density at radius 2 is 1.84 bits per heavy atom. The fourth-order valence-corrected chi connectivity index (χ4v) is 4.83. The molecule has 1 aliphatic rings. The van der Waals surface area contributed by atoms with Crippen molar-refractivity contribution < 1.29 is 9.18 Å². The van der Waals surface area contributed by atoms with E-state index < -0.39 is 11.7 Å². The Hall–Kier alpha value is -5.12. The van der Waals surface area contributed by atoms with Gasteiger partial charge in [0.1, 0.15) is 23.7 Å². The van der Waals surface area contributed by atoms with E-state index in [-0.39, 0.29) is 16.8 Å². The van der Waals surface area contributed by atoms with Gasteiger partial charge in [0.05, 0.1) is 29.2 Å². The summed E-state index contributed by atoms with van der Waals surface area (Å²) in [6.45, 7) is 0. The van der Waals surface area contributed by atoms with Crippen molar-refractivity contribution >= 4 is 28.4 Å². The summed E-state index contributed by atoms with van der Waals surface area (Å²) in [6.07, 6.45) is 9.88. The van der Waals surface area contributed by atoms with Crippen molar-refractivity contribution in [3.8, 4) is 11.3 Å². The molecule has 0 radical (unpaired) electrons. The van der Waals surface area contributed by atoms with Crippen molar-refractivity contribution in [2.45, 2.75) is 18.3 Å². The summed E-state index contributed by atoms with van der Waals surface area (Å²) in [5.41, 5.74) is 3.71. The number of aromatic nitrogens is 7. The molecule has 184 valence electrons. The Morgan fingerprint density at radius 1 is 0.947 bits per heavy atom. The minimum Gasteiger partial charge on any atom is -0.306 e. The monoisotopic (exact) mass is 502 g/mol. The van der Waals surface area contributed by atoms with Crippen LogP contribution in [0.3, 0.4) is 0 Å². The SMILES string of the molecule is O=C(Nc1ccncn1)c1ccc(-c2cnc3ncc(C4(c5ccc6ncccc6c5)CC4)n3n2)cc1F. The van der Waals surface area contributed by atoms with E-state index in [1.165, 1.54) is 36.3 Å². The van der Waals surface area contributed by atoms with E-state index in [9.17, 15) is 4.79 Å². The number of amides is 1. The maximum absolute atomic E-state index is 15.0. The average Bonchev–Trinajstić information content (AvgIpc) is 3.65. The van der Waals surface area contributed by atoms with Crippen molar-refractivity contribution in [3.05, 3.63) is 108 Å². The summed E-state index contributed by atoms with van der Waals surface area (Å²) in [6, 6.07) is 16.2. The van der Waals surface area contributed by atoms with Crippen molar-refractivity contribution in [2.75, 3.05) is 5.32 Å². The molecule has 10 heteroatoms. The van der Waals surface area contributed by atoms with Gasteiger partial charge in [-0.05, 0) is 54.8 Å². The van der Waals surface area contributed by atoms with E-state index in [1.54, 1.807) is 23.0 Å².